The maximum atomic E-state index is 12.6. The van der Waals surface area contributed by atoms with Crippen molar-refractivity contribution >= 4 is 17.5 Å². The molecule has 5 heteroatoms. The predicted molar refractivity (Wildman–Crippen MR) is 96.9 cm³/mol. The van der Waals surface area contributed by atoms with Crippen LogP contribution in [-0.2, 0) is 0 Å². The van der Waals surface area contributed by atoms with Gasteiger partial charge in [-0.05, 0) is 42.8 Å². The number of nitriles is 1. The lowest BCUT2D eigenvalue weighted by atomic mass is 10.1. The number of piperidine rings is 1. The number of carbonyl (C=O) groups is 1. The number of nitrogens with zero attached hydrogens (tertiary/aromatic N) is 2. The smallest absolute Gasteiger partial charge is 0.255 e. The van der Waals surface area contributed by atoms with E-state index in [0.29, 0.717) is 35.0 Å². The van der Waals surface area contributed by atoms with Crippen LogP contribution in [0.3, 0.4) is 0 Å². The molecule has 2 aromatic carbocycles. The molecule has 25 heavy (non-hydrogen) atoms. The summed E-state index contributed by atoms with van der Waals surface area (Å²) in [5.74, 6) is 0.667. The lowest BCUT2D eigenvalue weighted by Crippen LogP contribution is -2.41. The summed E-state index contributed by atoms with van der Waals surface area (Å²) in [6.07, 6.45) is 1.56. The Morgan fingerprint density at radius 2 is 2.00 bits per heavy atom. The minimum Gasteiger partial charge on any atom is -0.490 e. The maximum Gasteiger partial charge on any atom is 0.255 e. The van der Waals surface area contributed by atoms with Crippen molar-refractivity contribution in [2.45, 2.75) is 25.9 Å². The third-order valence-electron chi connectivity index (χ3n) is 4.35. The highest BCUT2D eigenvalue weighted by Gasteiger charge is 2.25. The molecule has 0 unspecified atom stereocenters. The Morgan fingerprint density at radius 3 is 2.68 bits per heavy atom. The minimum absolute atomic E-state index is 0.0325. The third-order valence-corrected chi connectivity index (χ3v) is 4.66. The second-order valence-electron chi connectivity index (χ2n) is 6.23. The molecule has 1 heterocycles. The van der Waals surface area contributed by atoms with Gasteiger partial charge in [-0.2, -0.15) is 5.26 Å². The van der Waals surface area contributed by atoms with Gasteiger partial charge in [0, 0.05) is 25.9 Å². The summed E-state index contributed by atoms with van der Waals surface area (Å²) in [6, 6.07) is 14.8. The highest BCUT2D eigenvalue weighted by atomic mass is 35.5. The van der Waals surface area contributed by atoms with Crippen LogP contribution in [0.1, 0.15) is 34.3 Å². The van der Waals surface area contributed by atoms with Gasteiger partial charge in [0.05, 0.1) is 22.2 Å². The van der Waals surface area contributed by atoms with Crippen LogP contribution in [0, 0.1) is 18.3 Å². The van der Waals surface area contributed by atoms with Crippen LogP contribution >= 0.6 is 11.6 Å². The first kappa shape index (κ1) is 17.3. The highest BCUT2D eigenvalue weighted by Crippen LogP contribution is 2.24. The summed E-state index contributed by atoms with van der Waals surface area (Å²) >= 11 is 6.21. The van der Waals surface area contributed by atoms with Gasteiger partial charge in [0.2, 0.25) is 0 Å². The summed E-state index contributed by atoms with van der Waals surface area (Å²) in [5.41, 5.74) is 2.17. The average molecular weight is 355 g/mol. The molecular formula is C20H19ClN2O2. The molecule has 0 saturated carbocycles. The SMILES string of the molecule is Cc1ccc(C(=O)N2CCC(Oc3cccc(C#N)c3)CC2)c(Cl)c1. The van der Waals surface area contributed by atoms with Crippen molar-refractivity contribution in [2.75, 3.05) is 13.1 Å². The number of benzene rings is 2. The van der Waals surface area contributed by atoms with Gasteiger partial charge in [0.1, 0.15) is 11.9 Å². The normalized spacial score (nSPS) is 14.8. The number of rotatable bonds is 3. The molecule has 1 fully saturated rings. The quantitative estimate of drug-likeness (QED) is 0.829. The minimum atomic E-state index is -0.0325. The molecule has 128 valence electrons. The molecule has 1 saturated heterocycles. The van der Waals surface area contributed by atoms with E-state index in [2.05, 4.69) is 6.07 Å². The Kier molecular flexibility index (Phi) is 5.25. The van der Waals surface area contributed by atoms with Gasteiger partial charge < -0.3 is 9.64 Å². The van der Waals surface area contributed by atoms with E-state index in [-0.39, 0.29) is 12.0 Å². The second-order valence-corrected chi connectivity index (χ2v) is 6.64. The maximum absolute atomic E-state index is 12.6. The third kappa shape index (κ3) is 4.12. The largest absolute Gasteiger partial charge is 0.490 e. The van der Waals surface area contributed by atoms with Crippen LogP contribution in [0.5, 0.6) is 5.75 Å². The molecule has 1 aliphatic heterocycles. The van der Waals surface area contributed by atoms with Crippen LogP contribution in [0.4, 0.5) is 0 Å². The first-order chi connectivity index (χ1) is 12.1. The van der Waals surface area contributed by atoms with E-state index < -0.39 is 0 Å². The lowest BCUT2D eigenvalue weighted by Gasteiger charge is -2.32. The van der Waals surface area contributed by atoms with Gasteiger partial charge in [-0.1, -0.05) is 23.7 Å². The molecule has 0 N–H and O–H groups in total. The fraction of sp³-hybridized carbons (Fsp3) is 0.300. The van der Waals surface area contributed by atoms with Crippen molar-refractivity contribution in [3.63, 3.8) is 0 Å². The van der Waals surface area contributed by atoms with Crippen molar-refractivity contribution in [2.24, 2.45) is 0 Å². The van der Waals surface area contributed by atoms with Crippen LogP contribution in [0.2, 0.25) is 5.02 Å². The van der Waals surface area contributed by atoms with E-state index >= 15 is 0 Å². The number of carbonyl (C=O) groups excluding carboxylic acids is 1. The van der Waals surface area contributed by atoms with Gasteiger partial charge in [-0.25, -0.2) is 0 Å². The molecule has 1 amide bonds. The van der Waals surface area contributed by atoms with Crippen LogP contribution in [0.15, 0.2) is 42.5 Å². The summed E-state index contributed by atoms with van der Waals surface area (Å²) in [6.45, 7) is 3.21. The molecule has 0 spiro atoms. The molecule has 0 bridgehead atoms. The van der Waals surface area contributed by atoms with E-state index in [9.17, 15) is 4.79 Å². The van der Waals surface area contributed by atoms with E-state index in [1.54, 1.807) is 18.2 Å². The fourth-order valence-corrected chi connectivity index (χ4v) is 3.29. The van der Waals surface area contributed by atoms with E-state index in [1.807, 2.05) is 36.1 Å². The summed E-state index contributed by atoms with van der Waals surface area (Å²) < 4.78 is 5.96. The Balaban J connectivity index is 1.59. The summed E-state index contributed by atoms with van der Waals surface area (Å²) in [4.78, 5) is 14.5. The van der Waals surface area contributed by atoms with Gasteiger partial charge in [-0.15, -0.1) is 0 Å². The molecule has 0 radical (unpaired) electrons. The molecule has 0 aromatic heterocycles. The van der Waals surface area contributed by atoms with Crippen molar-refractivity contribution in [1.29, 1.82) is 5.26 Å². The molecule has 1 aliphatic rings. The van der Waals surface area contributed by atoms with Gasteiger partial charge in [0.15, 0.2) is 0 Å². The average Bonchev–Trinajstić information content (AvgIpc) is 2.62. The number of ether oxygens (including phenoxy) is 1. The molecule has 2 aromatic rings. The number of amides is 1. The first-order valence-electron chi connectivity index (χ1n) is 8.29. The number of hydrogen-bond donors (Lipinski definition) is 0. The zero-order valence-electron chi connectivity index (χ0n) is 14.0. The van der Waals surface area contributed by atoms with E-state index in [1.165, 1.54) is 0 Å². The standard InChI is InChI=1S/C20H19ClN2O2/c1-14-5-6-18(19(21)11-14)20(24)23-9-7-16(8-10-23)25-17-4-2-3-15(12-17)13-22/h2-6,11-12,16H,7-10H2,1H3. The summed E-state index contributed by atoms with van der Waals surface area (Å²) in [7, 11) is 0. The number of hydrogen-bond acceptors (Lipinski definition) is 3. The van der Waals surface area contributed by atoms with Crippen molar-refractivity contribution in [3.8, 4) is 11.8 Å². The van der Waals surface area contributed by atoms with Gasteiger partial charge >= 0.3 is 0 Å². The molecular weight excluding hydrogens is 336 g/mol. The zero-order valence-corrected chi connectivity index (χ0v) is 14.8. The van der Waals surface area contributed by atoms with Gasteiger partial charge in [0.25, 0.3) is 5.91 Å². The number of likely N-dealkylation sites (tertiary alicyclic amines) is 1. The summed E-state index contributed by atoms with van der Waals surface area (Å²) in [5, 5.41) is 9.45. The van der Waals surface area contributed by atoms with Crippen LogP contribution in [-0.4, -0.2) is 30.0 Å². The Labute approximate surface area is 152 Å². The van der Waals surface area contributed by atoms with Gasteiger partial charge in [-0.3, -0.25) is 4.79 Å². The molecule has 4 nitrogen and oxygen atoms in total. The van der Waals surface area contributed by atoms with Crippen LogP contribution < -0.4 is 4.74 Å². The second kappa shape index (κ2) is 7.58. The van der Waals surface area contributed by atoms with Crippen molar-refractivity contribution < 1.29 is 9.53 Å². The Bertz CT molecular complexity index is 821. The Hall–Kier alpha value is -2.51. The van der Waals surface area contributed by atoms with E-state index in [4.69, 9.17) is 21.6 Å². The molecule has 3 rings (SSSR count). The van der Waals surface area contributed by atoms with Crippen molar-refractivity contribution in [1.82, 2.24) is 4.90 Å². The predicted octanol–water partition coefficient (Wildman–Crippen LogP) is 4.20. The lowest BCUT2D eigenvalue weighted by molar-refractivity contribution is 0.0596. The highest BCUT2D eigenvalue weighted by molar-refractivity contribution is 6.33. The fourth-order valence-electron chi connectivity index (χ4n) is 2.97. The van der Waals surface area contributed by atoms with E-state index in [0.717, 1.165) is 18.4 Å². The first-order valence-corrected chi connectivity index (χ1v) is 8.67. The molecule has 0 aliphatic carbocycles. The Morgan fingerprint density at radius 1 is 1.24 bits per heavy atom. The van der Waals surface area contributed by atoms with Crippen molar-refractivity contribution in [3.05, 3.63) is 64.2 Å². The zero-order chi connectivity index (χ0) is 17.8. The monoisotopic (exact) mass is 354 g/mol. The van der Waals surface area contributed by atoms with Crippen LogP contribution in [0.25, 0.3) is 0 Å². The number of halogens is 1. The topological polar surface area (TPSA) is 53.3 Å². The number of aryl methyl sites for hydroxylation is 1. The molecule has 0 atom stereocenters.